The van der Waals surface area contributed by atoms with Crippen LogP contribution in [0.25, 0.3) is 0 Å². The Morgan fingerprint density at radius 3 is 2.92 bits per heavy atom. The molecule has 9 heteroatoms. The number of rotatable bonds is 6. The molecular formula is C15H15N3O5S. The van der Waals surface area contributed by atoms with Crippen LogP contribution < -0.4 is 20.1 Å². The van der Waals surface area contributed by atoms with E-state index in [4.69, 9.17) is 9.47 Å². The molecular weight excluding hydrogens is 334 g/mol. The van der Waals surface area contributed by atoms with E-state index in [1.165, 1.54) is 11.3 Å². The van der Waals surface area contributed by atoms with E-state index in [2.05, 4.69) is 15.6 Å². The third kappa shape index (κ3) is 3.81. The van der Waals surface area contributed by atoms with Crippen LogP contribution in [0, 0.1) is 0 Å². The summed E-state index contributed by atoms with van der Waals surface area (Å²) in [7, 11) is 0. The van der Waals surface area contributed by atoms with E-state index in [-0.39, 0.29) is 19.1 Å². The largest absolute Gasteiger partial charge is 0.454 e. The first-order valence-corrected chi connectivity index (χ1v) is 8.03. The third-order valence-corrected chi connectivity index (χ3v) is 3.99. The molecule has 1 atom stereocenters. The molecule has 0 saturated carbocycles. The molecule has 8 nitrogen and oxygen atoms in total. The highest BCUT2D eigenvalue weighted by Gasteiger charge is 2.21. The fraction of sp³-hybridized carbons (Fsp3) is 0.267. The lowest BCUT2D eigenvalue weighted by molar-refractivity contribution is -0.126. The molecule has 24 heavy (non-hydrogen) atoms. The third-order valence-electron chi connectivity index (χ3n) is 3.30. The van der Waals surface area contributed by atoms with Crippen LogP contribution in [0.4, 0.5) is 5.13 Å². The monoisotopic (exact) mass is 349 g/mol. The van der Waals surface area contributed by atoms with Gasteiger partial charge in [-0.05, 0) is 17.7 Å². The summed E-state index contributed by atoms with van der Waals surface area (Å²) in [6.07, 6.45) is 1.60. The Bertz CT molecular complexity index is 735. The number of hydrogen-bond donors (Lipinski definition) is 3. The maximum Gasteiger partial charge on any atom is 0.251 e. The Morgan fingerprint density at radius 1 is 1.33 bits per heavy atom. The minimum atomic E-state index is -1.05. The van der Waals surface area contributed by atoms with E-state index in [1.54, 1.807) is 29.8 Å². The van der Waals surface area contributed by atoms with E-state index < -0.39 is 18.6 Å². The van der Waals surface area contributed by atoms with E-state index in [0.29, 0.717) is 22.2 Å². The van der Waals surface area contributed by atoms with Crippen LogP contribution >= 0.6 is 11.3 Å². The number of aliphatic hydroxyl groups excluding tert-OH is 1. The summed E-state index contributed by atoms with van der Waals surface area (Å²) in [6.45, 7) is -0.349. The van der Waals surface area contributed by atoms with Gasteiger partial charge in [0.15, 0.2) is 16.6 Å². The van der Waals surface area contributed by atoms with Crippen molar-refractivity contribution in [3.8, 4) is 11.5 Å². The van der Waals surface area contributed by atoms with Gasteiger partial charge in [-0.15, -0.1) is 11.3 Å². The molecule has 0 spiro atoms. The van der Waals surface area contributed by atoms with Gasteiger partial charge in [-0.25, -0.2) is 4.98 Å². The number of anilines is 1. The van der Waals surface area contributed by atoms with Gasteiger partial charge in [-0.3, -0.25) is 9.59 Å². The van der Waals surface area contributed by atoms with Crippen LogP contribution in [0.2, 0.25) is 0 Å². The zero-order chi connectivity index (χ0) is 16.9. The maximum atomic E-state index is 12.1. The number of fused-ring (bicyclic) bond motifs is 1. The van der Waals surface area contributed by atoms with Crippen molar-refractivity contribution >= 4 is 28.3 Å². The lowest BCUT2D eigenvalue weighted by Gasteiger charge is -2.15. The Morgan fingerprint density at radius 2 is 2.17 bits per heavy atom. The highest BCUT2D eigenvalue weighted by molar-refractivity contribution is 7.13. The number of ether oxygens (including phenoxy) is 2. The zero-order valence-corrected chi connectivity index (χ0v) is 13.3. The molecule has 1 aromatic heterocycles. The van der Waals surface area contributed by atoms with Gasteiger partial charge in [-0.2, -0.15) is 0 Å². The zero-order valence-electron chi connectivity index (χ0n) is 12.5. The van der Waals surface area contributed by atoms with E-state index in [0.717, 1.165) is 0 Å². The molecule has 1 aromatic carbocycles. The topological polar surface area (TPSA) is 110 Å². The maximum absolute atomic E-state index is 12.1. The number of amides is 2. The number of benzene rings is 1. The van der Waals surface area contributed by atoms with Crippen LogP contribution in [0.5, 0.6) is 11.5 Å². The Kier molecular flexibility index (Phi) is 4.92. The molecule has 1 unspecified atom stereocenters. The van der Waals surface area contributed by atoms with Crippen molar-refractivity contribution in [3.05, 3.63) is 35.3 Å². The average molecular weight is 349 g/mol. The number of hydrogen-bond acceptors (Lipinski definition) is 7. The summed E-state index contributed by atoms with van der Waals surface area (Å²) in [5.74, 6) is 0.310. The van der Waals surface area contributed by atoms with Gasteiger partial charge in [0.1, 0.15) is 6.04 Å². The van der Waals surface area contributed by atoms with Gasteiger partial charge in [0.25, 0.3) is 5.91 Å². The van der Waals surface area contributed by atoms with E-state index in [1.807, 2.05) is 0 Å². The van der Waals surface area contributed by atoms with Gasteiger partial charge in [0, 0.05) is 11.6 Å². The second-order valence-electron chi connectivity index (χ2n) is 4.99. The first-order chi connectivity index (χ1) is 11.7. The predicted molar refractivity (Wildman–Crippen MR) is 86.0 cm³/mol. The Hall–Kier alpha value is -2.65. The predicted octanol–water partition coefficient (Wildman–Crippen LogP) is 0.530. The summed E-state index contributed by atoms with van der Waals surface area (Å²) in [5.41, 5.74) is 0.716. The van der Waals surface area contributed by atoms with Crippen molar-refractivity contribution in [2.75, 3.05) is 18.7 Å². The normalized spacial score (nSPS) is 13.4. The number of thiazole rings is 1. The molecule has 1 aliphatic heterocycles. The number of nitrogens with zero attached hydrogens (tertiary/aromatic N) is 1. The summed E-state index contributed by atoms with van der Waals surface area (Å²) in [5, 5.41) is 16.5. The van der Waals surface area contributed by atoms with Gasteiger partial charge in [-0.1, -0.05) is 6.07 Å². The van der Waals surface area contributed by atoms with Crippen molar-refractivity contribution in [2.24, 2.45) is 0 Å². The van der Waals surface area contributed by atoms with Gasteiger partial charge in [0.2, 0.25) is 12.7 Å². The molecule has 2 amide bonds. The average Bonchev–Trinajstić information content (AvgIpc) is 3.23. The minimum absolute atomic E-state index is 0.0532. The highest BCUT2D eigenvalue weighted by Crippen LogP contribution is 2.32. The standard InChI is InChI=1S/C15H15N3O5S/c19-7-10(14(21)18-15-16-3-4-24-15)17-13(20)6-9-1-2-11-12(5-9)23-8-22-11/h1-5,10,19H,6-8H2,(H,17,20)(H,16,18,21). The fourth-order valence-corrected chi connectivity index (χ4v) is 2.69. The molecule has 2 heterocycles. The summed E-state index contributed by atoms with van der Waals surface area (Å²) in [4.78, 5) is 28.0. The molecule has 2 aromatic rings. The molecule has 3 rings (SSSR count). The molecule has 0 saturated heterocycles. The number of aromatic nitrogens is 1. The second kappa shape index (κ2) is 7.28. The molecule has 1 aliphatic rings. The van der Waals surface area contributed by atoms with E-state index >= 15 is 0 Å². The number of carbonyl (C=O) groups excluding carboxylic acids is 2. The molecule has 0 radical (unpaired) electrons. The summed E-state index contributed by atoms with van der Waals surface area (Å²) >= 11 is 1.25. The van der Waals surface area contributed by atoms with Gasteiger partial charge >= 0.3 is 0 Å². The van der Waals surface area contributed by atoms with Crippen LogP contribution in [-0.2, 0) is 16.0 Å². The first kappa shape index (κ1) is 16.2. The Balaban J connectivity index is 1.57. The molecule has 0 aliphatic carbocycles. The van der Waals surface area contributed by atoms with Crippen molar-refractivity contribution < 1.29 is 24.2 Å². The van der Waals surface area contributed by atoms with Crippen LogP contribution in [-0.4, -0.2) is 41.3 Å². The number of aliphatic hydroxyl groups is 1. The van der Waals surface area contributed by atoms with Crippen molar-refractivity contribution in [1.29, 1.82) is 0 Å². The Labute approximate surface area is 141 Å². The lowest BCUT2D eigenvalue weighted by atomic mass is 10.1. The fourth-order valence-electron chi connectivity index (χ4n) is 2.15. The summed E-state index contributed by atoms with van der Waals surface area (Å²) in [6, 6.07) is 4.14. The summed E-state index contributed by atoms with van der Waals surface area (Å²) < 4.78 is 10.5. The quantitative estimate of drug-likeness (QED) is 0.702. The van der Waals surface area contributed by atoms with Crippen LogP contribution in [0.1, 0.15) is 5.56 Å². The first-order valence-electron chi connectivity index (χ1n) is 7.15. The van der Waals surface area contributed by atoms with Crippen molar-refractivity contribution in [1.82, 2.24) is 10.3 Å². The van der Waals surface area contributed by atoms with Gasteiger partial charge < -0.3 is 25.2 Å². The number of nitrogens with one attached hydrogen (secondary N) is 2. The smallest absolute Gasteiger partial charge is 0.251 e. The van der Waals surface area contributed by atoms with Gasteiger partial charge in [0.05, 0.1) is 13.0 Å². The molecule has 0 fully saturated rings. The highest BCUT2D eigenvalue weighted by atomic mass is 32.1. The van der Waals surface area contributed by atoms with Crippen LogP contribution in [0.15, 0.2) is 29.8 Å². The lowest BCUT2D eigenvalue weighted by Crippen LogP contribution is -2.46. The second-order valence-corrected chi connectivity index (χ2v) is 5.89. The molecule has 126 valence electrons. The van der Waals surface area contributed by atoms with Crippen molar-refractivity contribution in [3.63, 3.8) is 0 Å². The SMILES string of the molecule is O=C(Cc1ccc2c(c1)OCO2)NC(CO)C(=O)Nc1nccs1. The number of carbonyl (C=O) groups is 2. The van der Waals surface area contributed by atoms with Crippen molar-refractivity contribution in [2.45, 2.75) is 12.5 Å². The van der Waals surface area contributed by atoms with Crippen LogP contribution in [0.3, 0.4) is 0 Å². The minimum Gasteiger partial charge on any atom is -0.454 e. The molecule has 0 bridgehead atoms. The van der Waals surface area contributed by atoms with E-state index in [9.17, 15) is 14.7 Å². The molecule has 3 N–H and O–H groups in total.